The first kappa shape index (κ1) is 11.2. The Morgan fingerprint density at radius 2 is 2.20 bits per heavy atom. The Kier molecular flexibility index (Phi) is 4.22. The van der Waals surface area contributed by atoms with Crippen LogP contribution in [0.1, 0.15) is 0 Å². The molecular weight excluding hydrogens is 305 g/mol. The minimum atomic E-state index is 0.179. The Morgan fingerprint density at radius 3 is 2.87 bits per heavy atom. The van der Waals surface area contributed by atoms with Gasteiger partial charge < -0.3 is 14.8 Å². The van der Waals surface area contributed by atoms with E-state index in [1.807, 2.05) is 24.3 Å². The van der Waals surface area contributed by atoms with E-state index in [0.717, 1.165) is 25.4 Å². The van der Waals surface area contributed by atoms with Crippen LogP contribution >= 0.6 is 22.6 Å². The second-order valence-corrected chi connectivity index (χ2v) is 4.71. The van der Waals surface area contributed by atoms with Crippen molar-refractivity contribution in [2.45, 2.75) is 6.10 Å². The van der Waals surface area contributed by atoms with E-state index in [2.05, 4.69) is 27.9 Å². The maximum absolute atomic E-state index is 5.63. The molecule has 0 bridgehead atoms. The van der Waals surface area contributed by atoms with Crippen LogP contribution in [0.2, 0.25) is 0 Å². The van der Waals surface area contributed by atoms with Crippen LogP contribution in [0.25, 0.3) is 0 Å². The molecule has 1 fully saturated rings. The molecule has 1 atom stereocenters. The second kappa shape index (κ2) is 5.67. The van der Waals surface area contributed by atoms with E-state index >= 15 is 0 Å². The highest BCUT2D eigenvalue weighted by atomic mass is 127. The third kappa shape index (κ3) is 3.62. The molecule has 1 heterocycles. The molecule has 4 heteroatoms. The van der Waals surface area contributed by atoms with E-state index in [1.54, 1.807) is 0 Å². The first-order valence-electron chi connectivity index (χ1n) is 5.05. The van der Waals surface area contributed by atoms with Gasteiger partial charge in [-0.05, 0) is 46.9 Å². The van der Waals surface area contributed by atoms with Gasteiger partial charge in [-0.15, -0.1) is 0 Å². The van der Waals surface area contributed by atoms with Crippen molar-refractivity contribution in [3.05, 3.63) is 27.8 Å². The van der Waals surface area contributed by atoms with Crippen LogP contribution in [0.5, 0.6) is 5.75 Å². The van der Waals surface area contributed by atoms with E-state index in [4.69, 9.17) is 9.47 Å². The summed E-state index contributed by atoms with van der Waals surface area (Å²) >= 11 is 2.28. The molecule has 1 N–H and O–H groups in total. The average molecular weight is 319 g/mol. The van der Waals surface area contributed by atoms with Crippen LogP contribution in [0.15, 0.2) is 24.3 Å². The van der Waals surface area contributed by atoms with Crippen molar-refractivity contribution >= 4 is 22.6 Å². The fourth-order valence-corrected chi connectivity index (χ4v) is 1.81. The van der Waals surface area contributed by atoms with E-state index < -0.39 is 0 Å². The second-order valence-electron chi connectivity index (χ2n) is 3.46. The number of nitrogens with one attached hydrogen (secondary N) is 1. The fraction of sp³-hybridized carbons (Fsp3) is 0.455. The van der Waals surface area contributed by atoms with E-state index in [-0.39, 0.29) is 6.10 Å². The van der Waals surface area contributed by atoms with Crippen LogP contribution in [0.4, 0.5) is 0 Å². The van der Waals surface area contributed by atoms with E-state index in [1.165, 1.54) is 3.57 Å². The molecule has 1 aromatic rings. The summed E-state index contributed by atoms with van der Waals surface area (Å²) in [6.45, 7) is 3.22. The molecule has 82 valence electrons. The molecule has 0 amide bonds. The maximum Gasteiger partial charge on any atom is 0.119 e. The summed E-state index contributed by atoms with van der Waals surface area (Å²) in [4.78, 5) is 0. The monoisotopic (exact) mass is 319 g/mol. The van der Waals surface area contributed by atoms with Gasteiger partial charge in [0.2, 0.25) is 0 Å². The first-order valence-corrected chi connectivity index (χ1v) is 6.13. The fourth-order valence-electron chi connectivity index (χ4n) is 1.45. The van der Waals surface area contributed by atoms with Gasteiger partial charge in [-0.1, -0.05) is 0 Å². The zero-order valence-electron chi connectivity index (χ0n) is 8.41. The SMILES string of the molecule is Ic1ccc(OCC2CNCCO2)cc1. The third-order valence-electron chi connectivity index (χ3n) is 2.25. The lowest BCUT2D eigenvalue weighted by molar-refractivity contribution is 0.000193. The molecule has 1 aromatic carbocycles. The first-order chi connectivity index (χ1) is 7.34. The zero-order valence-corrected chi connectivity index (χ0v) is 10.6. The van der Waals surface area contributed by atoms with Crippen molar-refractivity contribution in [1.82, 2.24) is 5.32 Å². The molecule has 15 heavy (non-hydrogen) atoms. The summed E-state index contributed by atoms with van der Waals surface area (Å²) < 4.78 is 12.4. The standard InChI is InChI=1S/C11H14INO2/c12-9-1-3-10(4-2-9)15-8-11-7-13-5-6-14-11/h1-4,11,13H,5-8H2. The minimum Gasteiger partial charge on any atom is -0.491 e. The molecule has 0 aromatic heterocycles. The highest BCUT2D eigenvalue weighted by molar-refractivity contribution is 14.1. The summed E-state index contributed by atoms with van der Waals surface area (Å²) in [7, 11) is 0. The Hall–Kier alpha value is -0.330. The lowest BCUT2D eigenvalue weighted by Crippen LogP contribution is -2.41. The van der Waals surface area contributed by atoms with Gasteiger partial charge >= 0.3 is 0 Å². The van der Waals surface area contributed by atoms with Crippen molar-refractivity contribution < 1.29 is 9.47 Å². The summed E-state index contributed by atoms with van der Waals surface area (Å²) in [6, 6.07) is 8.04. The van der Waals surface area contributed by atoms with Gasteiger partial charge in [0.15, 0.2) is 0 Å². The Bertz CT molecular complexity index is 296. The molecular formula is C11H14INO2. The van der Waals surface area contributed by atoms with Gasteiger partial charge in [0.25, 0.3) is 0 Å². The molecule has 1 aliphatic heterocycles. The predicted molar refractivity (Wildman–Crippen MR) is 67.3 cm³/mol. The number of ether oxygens (including phenoxy) is 2. The zero-order chi connectivity index (χ0) is 10.5. The number of benzene rings is 1. The van der Waals surface area contributed by atoms with Crippen LogP contribution in [-0.2, 0) is 4.74 Å². The number of hydrogen-bond donors (Lipinski definition) is 1. The molecule has 3 nitrogen and oxygen atoms in total. The summed E-state index contributed by atoms with van der Waals surface area (Å²) in [5, 5.41) is 3.27. The normalized spacial score (nSPS) is 21.3. The molecule has 2 rings (SSSR count). The van der Waals surface area contributed by atoms with Gasteiger partial charge in [0.1, 0.15) is 18.5 Å². The van der Waals surface area contributed by atoms with E-state index in [9.17, 15) is 0 Å². The smallest absolute Gasteiger partial charge is 0.119 e. The maximum atomic E-state index is 5.63. The van der Waals surface area contributed by atoms with Crippen LogP contribution in [0, 0.1) is 3.57 Å². The van der Waals surface area contributed by atoms with Crippen LogP contribution in [-0.4, -0.2) is 32.4 Å². The lowest BCUT2D eigenvalue weighted by Gasteiger charge is -2.23. The quantitative estimate of drug-likeness (QED) is 0.860. The van der Waals surface area contributed by atoms with Gasteiger partial charge in [-0.2, -0.15) is 0 Å². The summed E-state index contributed by atoms with van der Waals surface area (Å²) in [5.41, 5.74) is 0. The van der Waals surface area contributed by atoms with Crippen molar-refractivity contribution in [2.75, 3.05) is 26.3 Å². The largest absolute Gasteiger partial charge is 0.491 e. The van der Waals surface area contributed by atoms with Crippen LogP contribution in [0.3, 0.4) is 0 Å². The Balaban J connectivity index is 1.79. The number of halogens is 1. The predicted octanol–water partition coefficient (Wildman–Crippen LogP) is 1.66. The Labute approximate surface area is 103 Å². The average Bonchev–Trinajstić information content (AvgIpc) is 2.30. The number of rotatable bonds is 3. The van der Waals surface area contributed by atoms with Crippen molar-refractivity contribution in [2.24, 2.45) is 0 Å². The van der Waals surface area contributed by atoms with Crippen molar-refractivity contribution in [3.8, 4) is 5.75 Å². The topological polar surface area (TPSA) is 30.5 Å². The molecule has 0 aliphatic carbocycles. The highest BCUT2D eigenvalue weighted by Gasteiger charge is 2.13. The molecule has 0 saturated carbocycles. The molecule has 1 saturated heterocycles. The molecule has 0 radical (unpaired) electrons. The Morgan fingerprint density at radius 1 is 1.40 bits per heavy atom. The van der Waals surface area contributed by atoms with Gasteiger partial charge in [0, 0.05) is 16.7 Å². The van der Waals surface area contributed by atoms with Crippen molar-refractivity contribution in [1.29, 1.82) is 0 Å². The molecule has 1 unspecified atom stereocenters. The summed E-state index contributed by atoms with van der Waals surface area (Å²) in [6.07, 6.45) is 0.179. The number of morpholine rings is 1. The van der Waals surface area contributed by atoms with Crippen molar-refractivity contribution in [3.63, 3.8) is 0 Å². The van der Waals surface area contributed by atoms with E-state index in [0.29, 0.717) is 6.61 Å². The molecule has 1 aliphatic rings. The molecule has 0 spiro atoms. The third-order valence-corrected chi connectivity index (χ3v) is 2.97. The highest BCUT2D eigenvalue weighted by Crippen LogP contribution is 2.14. The van der Waals surface area contributed by atoms with Gasteiger partial charge in [0.05, 0.1) is 6.61 Å². The van der Waals surface area contributed by atoms with Gasteiger partial charge in [-0.25, -0.2) is 0 Å². The van der Waals surface area contributed by atoms with Gasteiger partial charge in [-0.3, -0.25) is 0 Å². The minimum absolute atomic E-state index is 0.179. The summed E-state index contributed by atoms with van der Waals surface area (Å²) in [5.74, 6) is 0.907. The number of hydrogen-bond acceptors (Lipinski definition) is 3. The van der Waals surface area contributed by atoms with Crippen LogP contribution < -0.4 is 10.1 Å². The lowest BCUT2D eigenvalue weighted by atomic mass is 10.3.